The number of benzene rings is 1. The Labute approximate surface area is 275 Å². The number of carbonyl (C=O) groups excluding carboxylic acids is 1. The second kappa shape index (κ2) is 13.8. The Bertz CT molecular complexity index is 1510. The van der Waals surface area contributed by atoms with E-state index in [4.69, 9.17) is 31.0 Å². The molecule has 3 aliphatic heterocycles. The Hall–Kier alpha value is -3.38. The van der Waals surface area contributed by atoms with Crippen molar-refractivity contribution in [1.82, 2.24) is 19.8 Å². The first-order chi connectivity index (χ1) is 21.9. The van der Waals surface area contributed by atoms with Crippen LogP contribution in [0, 0.1) is 11.3 Å². The third-order valence-electron chi connectivity index (χ3n) is 9.25. The molecule has 0 unspecified atom stereocenters. The number of fused-ring (bicyclic) bond motifs is 1. The number of amides is 1. The van der Waals surface area contributed by atoms with Crippen molar-refractivity contribution in [3.8, 4) is 12.1 Å². The van der Waals surface area contributed by atoms with Gasteiger partial charge in [-0.15, -0.1) is 0 Å². The van der Waals surface area contributed by atoms with Gasteiger partial charge in [0.1, 0.15) is 12.4 Å². The van der Waals surface area contributed by atoms with Gasteiger partial charge in [0, 0.05) is 61.7 Å². The Morgan fingerprint density at radius 2 is 2.07 bits per heavy atom. The lowest BCUT2D eigenvalue weighted by molar-refractivity contribution is -0.137. The molecule has 2 saturated heterocycles. The number of halogens is 4. The quantitative estimate of drug-likeness (QED) is 0.293. The zero-order valence-electron chi connectivity index (χ0n) is 26.3. The van der Waals surface area contributed by atoms with E-state index in [1.807, 2.05) is 0 Å². The lowest BCUT2D eigenvalue weighted by atomic mass is 10.0. The van der Waals surface area contributed by atoms with Crippen LogP contribution < -0.4 is 14.5 Å². The Kier molecular flexibility index (Phi) is 10.2. The number of hydrogen-bond donors (Lipinski definition) is 0. The van der Waals surface area contributed by atoms with Gasteiger partial charge < -0.3 is 24.2 Å². The summed E-state index contributed by atoms with van der Waals surface area (Å²) in [6, 6.07) is 6.66. The van der Waals surface area contributed by atoms with Gasteiger partial charge in [-0.1, -0.05) is 31.2 Å². The summed E-state index contributed by atoms with van der Waals surface area (Å²) in [4.78, 5) is 30.1. The molecule has 15 heteroatoms. The smallest absolute Gasteiger partial charge is 0.419 e. The van der Waals surface area contributed by atoms with E-state index in [1.54, 1.807) is 16.9 Å². The van der Waals surface area contributed by atoms with Gasteiger partial charge in [0.2, 0.25) is 5.91 Å². The lowest BCUT2D eigenvalue weighted by Crippen LogP contribution is -2.64. The number of aromatic nitrogens is 2. The number of nitrogens with zero attached hydrogens (tertiary/aromatic N) is 7. The van der Waals surface area contributed by atoms with Crippen LogP contribution >= 0.6 is 11.6 Å². The van der Waals surface area contributed by atoms with Gasteiger partial charge in [-0.05, 0) is 37.6 Å². The first-order valence-electron chi connectivity index (χ1n) is 15.4. The molecule has 0 radical (unpaired) electrons. The molecule has 3 aliphatic rings. The predicted octanol–water partition coefficient (Wildman–Crippen LogP) is 3.01. The molecule has 248 valence electrons. The summed E-state index contributed by atoms with van der Waals surface area (Å²) in [5, 5.41) is 8.64. The summed E-state index contributed by atoms with van der Waals surface area (Å²) in [7, 11) is 2.22. The van der Waals surface area contributed by atoms with Crippen LogP contribution in [0.3, 0.4) is 0 Å². The fourth-order valence-electron chi connectivity index (χ4n) is 6.87. The van der Waals surface area contributed by atoms with Gasteiger partial charge in [-0.2, -0.15) is 28.4 Å². The second-order valence-corrected chi connectivity index (χ2v) is 14.4. The molecule has 0 saturated carbocycles. The van der Waals surface area contributed by atoms with E-state index >= 15 is 0 Å². The average Bonchev–Trinajstić information content (AvgIpc) is 3.44. The maximum Gasteiger partial charge on any atom is 0.419 e. The summed E-state index contributed by atoms with van der Waals surface area (Å²) >= 11 is 6.06. The fraction of sp³-hybridized carbons (Fsp3) is 0.548. The van der Waals surface area contributed by atoms with Crippen LogP contribution in [0.5, 0.6) is 6.01 Å². The SMILES string of the molecule is C=CC(=O)N1CCN(c2nc(OC[C@@H]3C[C@@H](OC)CN3CC)nc3c2CCN(c2cccc(Cl)c2C(F)(F)F)C3)C[C@@]1([SiH3])CC#N. The largest absolute Gasteiger partial charge is 0.462 e. The van der Waals surface area contributed by atoms with E-state index in [2.05, 4.69) is 29.4 Å². The predicted molar refractivity (Wildman–Crippen MR) is 172 cm³/mol. The highest BCUT2D eigenvalue weighted by atomic mass is 35.5. The molecule has 0 spiro atoms. The van der Waals surface area contributed by atoms with Crippen LogP contribution in [-0.2, 0) is 28.7 Å². The Balaban J connectivity index is 1.51. The van der Waals surface area contributed by atoms with Crippen LogP contribution in [0.4, 0.5) is 24.7 Å². The Morgan fingerprint density at radius 1 is 1.28 bits per heavy atom. The number of hydrogen-bond acceptors (Lipinski definition) is 9. The van der Waals surface area contributed by atoms with E-state index in [0.717, 1.165) is 25.1 Å². The third kappa shape index (κ3) is 6.83. The van der Waals surface area contributed by atoms with Crippen molar-refractivity contribution in [2.24, 2.45) is 0 Å². The maximum atomic E-state index is 14.1. The van der Waals surface area contributed by atoms with Gasteiger partial charge in [0.15, 0.2) is 0 Å². The number of piperazine rings is 1. The van der Waals surface area contributed by atoms with Gasteiger partial charge in [-0.3, -0.25) is 9.69 Å². The van der Waals surface area contributed by atoms with Crippen LogP contribution in [0.15, 0.2) is 30.9 Å². The molecule has 0 N–H and O–H groups in total. The zero-order chi connectivity index (χ0) is 33.2. The highest BCUT2D eigenvalue weighted by Gasteiger charge is 2.42. The van der Waals surface area contributed by atoms with Crippen molar-refractivity contribution in [3.63, 3.8) is 0 Å². The van der Waals surface area contributed by atoms with Gasteiger partial charge in [-0.25, -0.2) is 0 Å². The van der Waals surface area contributed by atoms with E-state index in [-0.39, 0.29) is 54.3 Å². The summed E-state index contributed by atoms with van der Waals surface area (Å²) in [6.07, 6.45) is -1.93. The normalized spacial score (nSPS) is 23.7. The molecule has 2 aromatic rings. The van der Waals surface area contributed by atoms with Crippen LogP contribution in [0.25, 0.3) is 0 Å². The summed E-state index contributed by atoms with van der Waals surface area (Å²) in [6.45, 7) is 9.26. The lowest BCUT2D eigenvalue weighted by Gasteiger charge is -2.49. The van der Waals surface area contributed by atoms with Gasteiger partial charge in [0.25, 0.3) is 0 Å². The molecule has 46 heavy (non-hydrogen) atoms. The van der Waals surface area contributed by atoms with Gasteiger partial charge in [0.05, 0.1) is 52.3 Å². The first kappa shape index (κ1) is 34.0. The molecule has 10 nitrogen and oxygen atoms in total. The third-order valence-corrected chi connectivity index (χ3v) is 10.8. The van der Waals surface area contributed by atoms with Crippen LogP contribution in [0.1, 0.15) is 36.6 Å². The molecular formula is C31H39ClF3N7O3Si. The zero-order valence-corrected chi connectivity index (χ0v) is 29.1. The standard InChI is InChI=1S/C31H39ClF3N7O3Si/c1-4-26(43)42-14-13-41(19-30(42,46)10-11-36)28-22-9-12-40(25-8-6-7-23(32)27(25)31(33,34)35)17-24(22)37-29(38-28)45-18-20-15-21(44-3)16-39(20)5-2/h4,6-8,20-21H,1,5,9-10,12-19H2,2-3,46H3/t20-,21+,30-/m0/s1. The number of rotatable bonds is 9. The molecule has 0 aliphatic carbocycles. The van der Waals surface area contributed by atoms with Crippen molar-refractivity contribution >= 4 is 39.3 Å². The minimum Gasteiger partial charge on any atom is -0.462 e. The molecule has 0 bridgehead atoms. The molecule has 2 fully saturated rings. The average molecular weight is 678 g/mol. The monoisotopic (exact) mass is 677 g/mol. The van der Waals surface area contributed by atoms with E-state index < -0.39 is 16.9 Å². The number of likely N-dealkylation sites (tertiary alicyclic amines) is 1. The minimum atomic E-state index is -4.64. The number of methoxy groups -OCH3 is 1. The second-order valence-electron chi connectivity index (χ2n) is 12.2. The summed E-state index contributed by atoms with van der Waals surface area (Å²) in [5.74, 6) is 0.405. The number of ether oxygens (including phenoxy) is 2. The van der Waals surface area contributed by atoms with Crippen molar-refractivity contribution in [2.45, 2.75) is 56.2 Å². The molecule has 4 heterocycles. The van der Waals surface area contributed by atoms with Crippen LogP contribution in [0.2, 0.25) is 5.02 Å². The molecule has 1 amide bonds. The maximum absolute atomic E-state index is 14.1. The number of carbonyl (C=O) groups is 1. The van der Waals surface area contributed by atoms with Crippen molar-refractivity contribution in [3.05, 3.63) is 52.7 Å². The van der Waals surface area contributed by atoms with E-state index in [9.17, 15) is 23.2 Å². The summed E-state index contributed by atoms with van der Waals surface area (Å²) in [5.41, 5.74) is 0.503. The fourth-order valence-corrected chi connectivity index (χ4v) is 8.13. The van der Waals surface area contributed by atoms with Crippen molar-refractivity contribution < 1.29 is 27.4 Å². The molecule has 5 rings (SSSR count). The van der Waals surface area contributed by atoms with Crippen molar-refractivity contribution in [2.75, 3.05) is 62.8 Å². The molecular weight excluding hydrogens is 639 g/mol. The molecule has 1 aromatic heterocycles. The highest BCUT2D eigenvalue weighted by Crippen LogP contribution is 2.43. The Morgan fingerprint density at radius 3 is 2.74 bits per heavy atom. The molecule has 3 atom stereocenters. The highest BCUT2D eigenvalue weighted by molar-refractivity contribution is 6.31. The number of likely N-dealkylation sites (N-methyl/N-ethyl adjacent to an activating group) is 1. The first-order valence-corrected chi connectivity index (χ1v) is 16.8. The van der Waals surface area contributed by atoms with Gasteiger partial charge >= 0.3 is 12.2 Å². The van der Waals surface area contributed by atoms with E-state index in [0.29, 0.717) is 54.4 Å². The topological polar surface area (TPSA) is 98.1 Å². The minimum absolute atomic E-state index is 0.00687. The van der Waals surface area contributed by atoms with E-state index in [1.165, 1.54) is 24.3 Å². The molecule has 1 aromatic carbocycles. The number of anilines is 2. The number of alkyl halides is 3. The summed E-state index contributed by atoms with van der Waals surface area (Å²) < 4.78 is 54.2. The van der Waals surface area contributed by atoms with Crippen molar-refractivity contribution in [1.29, 1.82) is 5.26 Å². The number of nitriles is 1. The van der Waals surface area contributed by atoms with Crippen LogP contribution in [-0.4, -0.2) is 106 Å².